The number of carbonyl (C=O) groups excluding carboxylic acids is 1. The van der Waals surface area contributed by atoms with E-state index in [0.717, 1.165) is 31.1 Å². The van der Waals surface area contributed by atoms with E-state index in [1.807, 2.05) is 0 Å². The van der Waals surface area contributed by atoms with Crippen LogP contribution in [-0.2, 0) is 9.53 Å². The Labute approximate surface area is 193 Å². The summed E-state index contributed by atoms with van der Waals surface area (Å²) in [6.45, 7) is 2.31. The van der Waals surface area contributed by atoms with Gasteiger partial charge in [-0.2, -0.15) is 0 Å². The number of carbonyl (C=O) groups is 1. The smallest absolute Gasteiger partial charge is 0.306 e. The predicted molar refractivity (Wildman–Crippen MR) is 131 cm³/mol. The summed E-state index contributed by atoms with van der Waals surface area (Å²) in [5.41, 5.74) is 0.546. The third kappa shape index (κ3) is 8.39. The Hall–Kier alpha value is -0.530. The number of hydrogen-bond acceptors (Lipinski definition) is 2. The lowest BCUT2D eigenvalue weighted by Gasteiger charge is -2.47. The molecule has 0 spiro atoms. The second kappa shape index (κ2) is 13.9. The van der Waals surface area contributed by atoms with Gasteiger partial charge in [-0.3, -0.25) is 4.79 Å². The highest BCUT2D eigenvalue weighted by molar-refractivity contribution is 5.69. The maximum absolute atomic E-state index is 12.5. The van der Waals surface area contributed by atoms with Gasteiger partial charge in [-0.15, -0.1) is 0 Å². The highest BCUT2D eigenvalue weighted by Gasteiger charge is 2.41. The molecule has 0 aromatic carbocycles. The van der Waals surface area contributed by atoms with E-state index in [2.05, 4.69) is 6.92 Å². The summed E-state index contributed by atoms with van der Waals surface area (Å²) in [6, 6.07) is 0. The fraction of sp³-hybridized carbons (Fsp3) is 0.966. The molecule has 31 heavy (non-hydrogen) atoms. The Morgan fingerprint density at radius 1 is 0.774 bits per heavy atom. The van der Waals surface area contributed by atoms with Crippen LogP contribution in [0.2, 0.25) is 0 Å². The van der Waals surface area contributed by atoms with Gasteiger partial charge >= 0.3 is 5.97 Å². The minimum Gasteiger partial charge on any atom is -0.462 e. The molecule has 3 rings (SSSR count). The van der Waals surface area contributed by atoms with E-state index in [-0.39, 0.29) is 12.1 Å². The molecule has 2 heteroatoms. The van der Waals surface area contributed by atoms with E-state index >= 15 is 0 Å². The van der Waals surface area contributed by atoms with Crippen LogP contribution >= 0.6 is 0 Å². The lowest BCUT2D eigenvalue weighted by Crippen LogP contribution is -2.36. The minimum absolute atomic E-state index is 0.0893. The number of hydrogen-bond donors (Lipinski definition) is 0. The normalized spacial score (nSPS) is 28.5. The van der Waals surface area contributed by atoms with Gasteiger partial charge in [0, 0.05) is 6.42 Å². The minimum atomic E-state index is 0.0893. The second-order valence-corrected chi connectivity index (χ2v) is 11.4. The predicted octanol–water partition coefficient (Wildman–Crippen LogP) is 9.15. The third-order valence-electron chi connectivity index (χ3n) is 9.19. The Bertz CT molecular complexity index is 479. The first kappa shape index (κ1) is 25.1. The van der Waals surface area contributed by atoms with Crippen molar-refractivity contribution in [1.29, 1.82) is 0 Å². The molecule has 3 aliphatic carbocycles. The SMILES string of the molecule is CCCCCCC[C@H]1CC[C@@](CCCC(=O)OC2CCCCC2)(C2CCCCC2)CC1. The van der Waals surface area contributed by atoms with Gasteiger partial charge in [-0.1, -0.05) is 71.1 Å². The fourth-order valence-electron chi connectivity index (χ4n) is 7.17. The molecule has 2 nitrogen and oxygen atoms in total. The molecule has 0 saturated heterocycles. The summed E-state index contributed by atoms with van der Waals surface area (Å²) < 4.78 is 5.81. The Kier molecular flexibility index (Phi) is 11.2. The van der Waals surface area contributed by atoms with Crippen molar-refractivity contribution < 1.29 is 9.53 Å². The molecular formula is C29H52O2. The monoisotopic (exact) mass is 432 g/mol. The van der Waals surface area contributed by atoms with Crippen LogP contribution in [0.4, 0.5) is 0 Å². The van der Waals surface area contributed by atoms with Gasteiger partial charge in [0.1, 0.15) is 6.10 Å². The molecule has 0 aromatic heterocycles. The molecule has 3 saturated carbocycles. The van der Waals surface area contributed by atoms with Crippen LogP contribution < -0.4 is 0 Å². The molecule has 0 atom stereocenters. The molecule has 3 fully saturated rings. The Morgan fingerprint density at radius 3 is 2.10 bits per heavy atom. The molecule has 3 aliphatic rings. The zero-order valence-electron chi connectivity index (χ0n) is 20.8. The largest absolute Gasteiger partial charge is 0.462 e. The van der Waals surface area contributed by atoms with Crippen LogP contribution in [0.1, 0.15) is 155 Å². The van der Waals surface area contributed by atoms with E-state index in [9.17, 15) is 4.79 Å². The lowest BCUT2D eigenvalue weighted by molar-refractivity contribution is -0.150. The fourth-order valence-corrected chi connectivity index (χ4v) is 7.17. The van der Waals surface area contributed by atoms with Gasteiger partial charge in [-0.25, -0.2) is 0 Å². The summed E-state index contributed by atoms with van der Waals surface area (Å²) in [7, 11) is 0. The molecule has 180 valence electrons. The highest BCUT2D eigenvalue weighted by atomic mass is 16.5. The van der Waals surface area contributed by atoms with E-state index in [1.165, 1.54) is 122 Å². The van der Waals surface area contributed by atoms with Gasteiger partial charge in [0.15, 0.2) is 0 Å². The topological polar surface area (TPSA) is 26.3 Å². The van der Waals surface area contributed by atoms with Crippen molar-refractivity contribution in [2.75, 3.05) is 0 Å². The number of unbranched alkanes of at least 4 members (excludes halogenated alkanes) is 4. The quantitative estimate of drug-likeness (QED) is 0.227. The molecule has 0 unspecified atom stereocenters. The van der Waals surface area contributed by atoms with Crippen molar-refractivity contribution in [3.05, 3.63) is 0 Å². The number of esters is 1. The maximum atomic E-state index is 12.5. The molecule has 0 aromatic rings. The van der Waals surface area contributed by atoms with Crippen molar-refractivity contribution in [3.63, 3.8) is 0 Å². The number of rotatable bonds is 12. The first-order chi connectivity index (χ1) is 15.2. The van der Waals surface area contributed by atoms with E-state index in [4.69, 9.17) is 4.74 Å². The summed E-state index contributed by atoms with van der Waals surface area (Å²) in [4.78, 5) is 12.5. The average Bonchev–Trinajstić information content (AvgIpc) is 2.81. The van der Waals surface area contributed by atoms with Gasteiger partial charge in [0.25, 0.3) is 0 Å². The van der Waals surface area contributed by atoms with Crippen molar-refractivity contribution in [1.82, 2.24) is 0 Å². The Balaban J connectivity index is 1.43. The standard InChI is InChI=1S/C29H52O2/c1-2-3-4-5-8-14-25-20-23-29(24-21-25,26-15-9-6-10-16-26)22-13-19-28(30)31-27-17-11-7-12-18-27/h25-27H,2-24H2,1H3/t25-,29+. The van der Waals surface area contributed by atoms with Gasteiger partial charge < -0.3 is 4.74 Å². The second-order valence-electron chi connectivity index (χ2n) is 11.4. The van der Waals surface area contributed by atoms with E-state index in [0.29, 0.717) is 11.8 Å². The van der Waals surface area contributed by atoms with Crippen molar-refractivity contribution >= 4 is 5.97 Å². The van der Waals surface area contributed by atoms with Gasteiger partial charge in [0.05, 0.1) is 0 Å². The van der Waals surface area contributed by atoms with Gasteiger partial charge in [0.2, 0.25) is 0 Å². The van der Waals surface area contributed by atoms with Crippen molar-refractivity contribution in [2.24, 2.45) is 17.3 Å². The zero-order chi connectivity index (χ0) is 21.8. The summed E-state index contributed by atoms with van der Waals surface area (Å²) >= 11 is 0. The molecule has 0 amide bonds. The molecular weight excluding hydrogens is 380 g/mol. The van der Waals surface area contributed by atoms with Crippen LogP contribution in [0.3, 0.4) is 0 Å². The van der Waals surface area contributed by atoms with E-state index < -0.39 is 0 Å². The third-order valence-corrected chi connectivity index (χ3v) is 9.19. The highest BCUT2D eigenvalue weighted by Crippen LogP contribution is 2.53. The number of ether oxygens (including phenoxy) is 1. The van der Waals surface area contributed by atoms with Crippen molar-refractivity contribution in [2.45, 2.75) is 161 Å². The van der Waals surface area contributed by atoms with Crippen LogP contribution in [0.15, 0.2) is 0 Å². The summed E-state index contributed by atoms with van der Waals surface area (Å²) in [5, 5.41) is 0. The summed E-state index contributed by atoms with van der Waals surface area (Å²) in [6.07, 6.45) is 30.8. The van der Waals surface area contributed by atoms with Gasteiger partial charge in [-0.05, 0) is 94.3 Å². The molecule has 0 aliphatic heterocycles. The molecule has 0 heterocycles. The van der Waals surface area contributed by atoms with E-state index in [1.54, 1.807) is 0 Å². The zero-order valence-corrected chi connectivity index (χ0v) is 20.8. The lowest BCUT2D eigenvalue weighted by atomic mass is 9.58. The Morgan fingerprint density at radius 2 is 1.42 bits per heavy atom. The molecule has 0 bridgehead atoms. The average molecular weight is 433 g/mol. The van der Waals surface area contributed by atoms with Crippen LogP contribution in [-0.4, -0.2) is 12.1 Å². The van der Waals surface area contributed by atoms with Crippen LogP contribution in [0, 0.1) is 17.3 Å². The van der Waals surface area contributed by atoms with Crippen molar-refractivity contribution in [3.8, 4) is 0 Å². The van der Waals surface area contributed by atoms with Crippen LogP contribution in [0.25, 0.3) is 0 Å². The first-order valence-electron chi connectivity index (χ1n) is 14.4. The maximum Gasteiger partial charge on any atom is 0.306 e. The molecule has 0 N–H and O–H groups in total. The van der Waals surface area contributed by atoms with Crippen LogP contribution in [0.5, 0.6) is 0 Å². The molecule has 0 radical (unpaired) electrons. The summed E-state index contributed by atoms with van der Waals surface area (Å²) in [5.74, 6) is 2.00. The first-order valence-corrected chi connectivity index (χ1v) is 14.4.